The Morgan fingerprint density at radius 1 is 1.00 bits per heavy atom. The van der Waals surface area contributed by atoms with E-state index in [0.717, 1.165) is 16.9 Å². The number of hydrogen-bond donors (Lipinski definition) is 2. The fourth-order valence-electron chi connectivity index (χ4n) is 5.00. The highest BCUT2D eigenvalue weighted by Crippen LogP contribution is 2.37. The molecule has 0 bridgehead atoms. The minimum Gasteiger partial charge on any atom is -0.484 e. The Morgan fingerprint density at radius 3 is 2.44 bits per heavy atom. The molecule has 0 fully saturated rings. The van der Waals surface area contributed by atoms with Crippen molar-refractivity contribution in [2.75, 3.05) is 30.3 Å². The third kappa shape index (κ3) is 7.09. The van der Waals surface area contributed by atoms with Crippen LogP contribution in [0.4, 0.5) is 11.6 Å². The first-order valence-corrected chi connectivity index (χ1v) is 15.3. The van der Waals surface area contributed by atoms with Crippen LogP contribution < -0.4 is 15.4 Å². The Balaban J connectivity index is 1.43. The summed E-state index contributed by atoms with van der Waals surface area (Å²) < 4.78 is 7.56. The van der Waals surface area contributed by atoms with Crippen molar-refractivity contribution >= 4 is 35.2 Å². The summed E-state index contributed by atoms with van der Waals surface area (Å²) in [6.07, 6.45) is 0. The zero-order valence-electron chi connectivity index (χ0n) is 24.8. The summed E-state index contributed by atoms with van der Waals surface area (Å²) in [7, 11) is 0. The monoisotopic (exact) mass is 596 g/mol. The van der Waals surface area contributed by atoms with E-state index in [0.29, 0.717) is 46.9 Å². The molecule has 1 aliphatic rings. The van der Waals surface area contributed by atoms with Gasteiger partial charge in [-0.15, -0.1) is 5.10 Å². The molecule has 0 radical (unpaired) electrons. The molecular formula is C33H36N6O3S. The number of amides is 2. The van der Waals surface area contributed by atoms with E-state index < -0.39 is 6.04 Å². The molecule has 43 heavy (non-hydrogen) atoms. The Bertz CT molecular complexity index is 1610. The van der Waals surface area contributed by atoms with Gasteiger partial charge in [0, 0.05) is 30.2 Å². The maximum absolute atomic E-state index is 13.8. The Labute approximate surface area is 256 Å². The van der Waals surface area contributed by atoms with E-state index in [-0.39, 0.29) is 18.4 Å². The van der Waals surface area contributed by atoms with Gasteiger partial charge in [0.2, 0.25) is 11.1 Å². The average Bonchev–Trinajstić information content (AvgIpc) is 3.42. The number of aromatic nitrogens is 3. The van der Waals surface area contributed by atoms with E-state index in [4.69, 9.17) is 14.8 Å². The van der Waals surface area contributed by atoms with Gasteiger partial charge in [-0.1, -0.05) is 66.4 Å². The Morgan fingerprint density at radius 2 is 1.74 bits per heavy atom. The van der Waals surface area contributed by atoms with E-state index in [1.165, 1.54) is 17.3 Å². The van der Waals surface area contributed by atoms with Gasteiger partial charge < -0.3 is 20.3 Å². The second-order valence-electron chi connectivity index (χ2n) is 10.3. The molecule has 5 rings (SSSR count). The number of hydrogen-bond acceptors (Lipinski definition) is 7. The highest BCUT2D eigenvalue weighted by Gasteiger charge is 2.34. The fourth-order valence-corrected chi connectivity index (χ4v) is 5.78. The zero-order chi connectivity index (χ0) is 30.3. The molecule has 222 valence electrons. The molecule has 10 heteroatoms. The quantitative estimate of drug-likeness (QED) is 0.203. The van der Waals surface area contributed by atoms with Gasteiger partial charge in [-0.05, 0) is 68.7 Å². The van der Waals surface area contributed by atoms with Crippen molar-refractivity contribution in [2.24, 2.45) is 0 Å². The second-order valence-corrected chi connectivity index (χ2v) is 11.2. The van der Waals surface area contributed by atoms with Crippen LogP contribution in [0.1, 0.15) is 43.5 Å². The van der Waals surface area contributed by atoms with Crippen molar-refractivity contribution in [3.05, 3.63) is 107 Å². The topological polar surface area (TPSA) is 101 Å². The maximum Gasteiger partial charge on any atom is 0.260 e. The van der Waals surface area contributed by atoms with Crippen molar-refractivity contribution in [3.8, 4) is 5.75 Å². The number of rotatable bonds is 11. The van der Waals surface area contributed by atoms with Crippen molar-refractivity contribution in [1.29, 1.82) is 0 Å². The number of carbonyl (C=O) groups excluding carboxylic acids is 2. The van der Waals surface area contributed by atoms with Crippen molar-refractivity contribution < 1.29 is 14.3 Å². The number of fused-ring (bicyclic) bond motifs is 1. The smallest absolute Gasteiger partial charge is 0.260 e. The number of aryl methyl sites for hydroxylation is 1. The van der Waals surface area contributed by atoms with E-state index >= 15 is 0 Å². The molecule has 3 aromatic carbocycles. The summed E-state index contributed by atoms with van der Waals surface area (Å²) in [6.45, 7) is 9.00. The van der Waals surface area contributed by atoms with Gasteiger partial charge in [0.25, 0.3) is 11.8 Å². The van der Waals surface area contributed by atoms with Gasteiger partial charge in [0.05, 0.1) is 5.57 Å². The maximum atomic E-state index is 13.8. The van der Waals surface area contributed by atoms with Crippen molar-refractivity contribution in [3.63, 3.8) is 0 Å². The van der Waals surface area contributed by atoms with Crippen LogP contribution >= 0.6 is 11.8 Å². The van der Waals surface area contributed by atoms with Crippen LogP contribution in [0, 0.1) is 6.92 Å². The molecule has 1 aromatic heterocycles. The largest absolute Gasteiger partial charge is 0.484 e. The number of ether oxygens (including phenoxy) is 1. The van der Waals surface area contributed by atoms with Crippen LogP contribution in [0.25, 0.3) is 0 Å². The molecule has 2 heterocycles. The third-order valence-corrected chi connectivity index (χ3v) is 8.15. The van der Waals surface area contributed by atoms with Crippen LogP contribution in [-0.4, -0.2) is 51.2 Å². The minimum absolute atomic E-state index is 0.0350. The van der Waals surface area contributed by atoms with Gasteiger partial charge in [0.15, 0.2) is 6.61 Å². The molecule has 9 nitrogen and oxygen atoms in total. The zero-order valence-corrected chi connectivity index (χ0v) is 25.6. The summed E-state index contributed by atoms with van der Waals surface area (Å²) in [6, 6.07) is 24.8. The van der Waals surface area contributed by atoms with Crippen LogP contribution in [0.15, 0.2) is 95.3 Å². The van der Waals surface area contributed by atoms with E-state index in [2.05, 4.69) is 22.8 Å². The fraction of sp³-hybridized carbons (Fsp3) is 0.273. The van der Waals surface area contributed by atoms with Crippen LogP contribution in [0.2, 0.25) is 0 Å². The average molecular weight is 597 g/mol. The van der Waals surface area contributed by atoms with Gasteiger partial charge >= 0.3 is 0 Å². The van der Waals surface area contributed by atoms with Gasteiger partial charge in [-0.2, -0.15) is 4.98 Å². The third-order valence-electron chi connectivity index (χ3n) is 7.24. The standard InChI is InChI=1S/C33H36N6O3S/c1-5-38(6-2)28(40)20-42-27-17-15-25(16-18-27)30-29(31(41)35-26-14-10-11-22(3)19-26)23(4)34-32-36-33(37-39(30)32)43-21-24-12-8-7-9-13-24/h7-19,30H,5-6,20-21H2,1-4H3,(H,35,41)(H,34,36,37). The first-order valence-electron chi connectivity index (χ1n) is 14.4. The molecule has 4 aromatic rings. The van der Waals surface area contributed by atoms with Crippen LogP contribution in [-0.2, 0) is 15.3 Å². The number of thioether (sulfide) groups is 1. The van der Waals surface area contributed by atoms with Gasteiger partial charge in [-0.25, -0.2) is 4.68 Å². The summed E-state index contributed by atoms with van der Waals surface area (Å²) in [5.41, 5.74) is 5.00. The minimum atomic E-state index is -0.536. The highest BCUT2D eigenvalue weighted by atomic mass is 32.2. The summed E-state index contributed by atoms with van der Waals surface area (Å²) in [5.74, 6) is 1.57. The molecule has 0 spiro atoms. The lowest BCUT2D eigenvalue weighted by Crippen LogP contribution is -2.34. The molecule has 2 amide bonds. The summed E-state index contributed by atoms with van der Waals surface area (Å²) in [4.78, 5) is 32.7. The first-order chi connectivity index (χ1) is 20.9. The SMILES string of the molecule is CCN(CC)C(=O)COc1ccc(C2C(C(=O)Nc3cccc(C)c3)=C(C)Nc3nc(SCc4ccccc4)nn32)cc1. The molecule has 1 unspecified atom stereocenters. The number of nitrogens with zero attached hydrogens (tertiary/aromatic N) is 4. The highest BCUT2D eigenvalue weighted by molar-refractivity contribution is 7.98. The number of likely N-dealkylation sites (N-methyl/N-ethyl adjacent to an activating group) is 1. The number of anilines is 2. The predicted molar refractivity (Wildman–Crippen MR) is 170 cm³/mol. The van der Waals surface area contributed by atoms with Gasteiger partial charge in [-0.3, -0.25) is 9.59 Å². The molecule has 0 saturated heterocycles. The lowest BCUT2D eigenvalue weighted by atomic mass is 9.95. The molecule has 1 atom stereocenters. The lowest BCUT2D eigenvalue weighted by molar-refractivity contribution is -0.133. The normalized spacial score (nSPS) is 14.1. The Hall–Kier alpha value is -4.57. The van der Waals surface area contributed by atoms with E-state index in [1.54, 1.807) is 9.58 Å². The summed E-state index contributed by atoms with van der Waals surface area (Å²) in [5, 5.41) is 11.8. The van der Waals surface area contributed by atoms with Gasteiger partial charge in [0.1, 0.15) is 11.8 Å². The van der Waals surface area contributed by atoms with Crippen molar-refractivity contribution in [1.82, 2.24) is 19.7 Å². The Kier molecular flexibility index (Phi) is 9.46. The lowest BCUT2D eigenvalue weighted by Gasteiger charge is -2.28. The van der Waals surface area contributed by atoms with E-state index in [9.17, 15) is 9.59 Å². The molecule has 1 aliphatic heterocycles. The number of benzene rings is 3. The predicted octanol–water partition coefficient (Wildman–Crippen LogP) is 6.05. The molecular weight excluding hydrogens is 560 g/mol. The number of allylic oxidation sites excluding steroid dienone is 1. The second kappa shape index (κ2) is 13.6. The van der Waals surface area contributed by atoms with E-state index in [1.807, 2.05) is 94.4 Å². The summed E-state index contributed by atoms with van der Waals surface area (Å²) >= 11 is 1.54. The number of nitrogens with one attached hydrogen (secondary N) is 2. The molecule has 0 saturated carbocycles. The van der Waals surface area contributed by atoms with Crippen molar-refractivity contribution in [2.45, 2.75) is 44.6 Å². The van der Waals surface area contributed by atoms with Crippen LogP contribution in [0.3, 0.4) is 0 Å². The molecule has 2 N–H and O–H groups in total. The molecule has 0 aliphatic carbocycles. The van der Waals surface area contributed by atoms with Crippen LogP contribution in [0.5, 0.6) is 5.75 Å². The first kappa shape index (κ1) is 29.9. The number of carbonyl (C=O) groups is 2.